The molecule has 5 nitrogen and oxygen atoms in total. The maximum Gasteiger partial charge on any atom is 0.0900 e. The van der Waals surface area contributed by atoms with Gasteiger partial charge in [-0.05, 0) is 143 Å². The molecule has 0 fully saturated rings. The van der Waals surface area contributed by atoms with E-state index in [1.165, 1.54) is 118 Å². The zero-order valence-electron chi connectivity index (χ0n) is 56.3. The van der Waals surface area contributed by atoms with Crippen molar-refractivity contribution in [2.24, 2.45) is 0 Å². The van der Waals surface area contributed by atoms with E-state index in [-0.39, 0.29) is 0 Å². The Morgan fingerprint density at radius 1 is 0.192 bits per heavy atom. The number of fused-ring (bicyclic) bond motifs is 12. The molecule has 0 spiro atoms. The average molecular weight is 1360 g/mol. The van der Waals surface area contributed by atoms with Gasteiger partial charge in [0.05, 0.1) is 45.2 Å². The van der Waals surface area contributed by atoms with E-state index in [9.17, 15) is 0 Å². The van der Waals surface area contributed by atoms with Gasteiger partial charge in [0.25, 0.3) is 0 Å². The monoisotopic (exact) mass is 1360 g/mol. The van der Waals surface area contributed by atoms with E-state index in [1.807, 2.05) is 59.1 Å². The topological polar surface area (TPSA) is 64.5 Å². The second-order valence-corrected chi connectivity index (χ2v) is 28.1. The van der Waals surface area contributed by atoms with Crippen LogP contribution >= 0.6 is 22.7 Å². The lowest BCUT2D eigenvalue weighted by Gasteiger charge is -2.13. The summed E-state index contributed by atoms with van der Waals surface area (Å²) in [5.41, 5.74) is 23.7. The maximum absolute atomic E-state index is 5.38. The first-order chi connectivity index (χ1) is 51.6. The van der Waals surface area contributed by atoms with Crippen LogP contribution in [0.1, 0.15) is 0 Å². The van der Waals surface area contributed by atoms with E-state index in [2.05, 4.69) is 331 Å². The van der Waals surface area contributed by atoms with Gasteiger partial charge in [-0.25, -0.2) is 15.0 Å². The quantitative estimate of drug-likeness (QED) is 0.121. The first kappa shape index (κ1) is 61.9. The number of rotatable bonds is 11. The van der Waals surface area contributed by atoms with Crippen molar-refractivity contribution >= 4 is 97.0 Å². The van der Waals surface area contributed by atoms with E-state index < -0.39 is 0 Å². The Labute approximate surface area is 609 Å². The van der Waals surface area contributed by atoms with Crippen LogP contribution in [-0.4, -0.2) is 24.9 Å². The van der Waals surface area contributed by atoms with Crippen LogP contribution in [-0.2, 0) is 0 Å². The highest BCUT2D eigenvalue weighted by Gasteiger charge is 2.25. The average Bonchev–Trinajstić information content (AvgIpc) is 1.54. The van der Waals surface area contributed by atoms with Crippen LogP contribution < -0.4 is 0 Å². The molecule has 7 aromatic heterocycles. The van der Waals surface area contributed by atoms with Crippen LogP contribution in [0.15, 0.2) is 370 Å². The fourth-order valence-corrected chi connectivity index (χ4v) is 17.6. The third kappa shape index (κ3) is 11.3. The Kier molecular flexibility index (Phi) is 15.9. The smallest absolute Gasteiger partial charge is 0.0900 e. The Hall–Kier alpha value is -13.2. The normalized spacial score (nSPS) is 11.5. The van der Waals surface area contributed by atoms with E-state index in [0.29, 0.717) is 0 Å². The standard InChI is InChI=1S/C50H32N4S.C47H29NS/c1-3-13-36(14-4-1)46-47-48(54-41-18-8-7-17-40(41)50(47)55-49(46)38-15-5-2-6-16-38)37-27-25-34(26-28-37)33-21-23-35(24-22-33)39-31-44(42-19-9-11-29-51-42)53-45(32-39)43-20-10-12-30-52-43;1-3-13-31(14-4-1)43-44-45(48-42-22-12-11-21-40(42)47(44)49-46(43)33-15-5-2-6-16-33)32-25-23-30(24-26-32)34-27-28-39-37-19-8-7-17-35(37)36-18-9-10-20-38(36)41(39)29-34/h1-32H;1-29H. The van der Waals surface area contributed by atoms with Crippen molar-refractivity contribution < 1.29 is 0 Å². The predicted molar refractivity (Wildman–Crippen MR) is 440 cm³/mol. The lowest BCUT2D eigenvalue weighted by atomic mass is 9.91. The lowest BCUT2D eigenvalue weighted by Crippen LogP contribution is -1.94. The minimum Gasteiger partial charge on any atom is -0.255 e. The fourth-order valence-electron chi connectivity index (χ4n) is 14.9. The van der Waals surface area contributed by atoms with Gasteiger partial charge >= 0.3 is 0 Å². The minimum absolute atomic E-state index is 0.812. The molecule has 7 heteroatoms. The summed E-state index contributed by atoms with van der Waals surface area (Å²) in [4.78, 5) is 27.4. The number of thiophene rings is 2. The van der Waals surface area contributed by atoms with E-state index in [1.54, 1.807) is 12.4 Å². The minimum atomic E-state index is 0.812. The summed E-state index contributed by atoms with van der Waals surface area (Å²) in [7, 11) is 0. The van der Waals surface area contributed by atoms with Crippen molar-refractivity contribution in [2.75, 3.05) is 0 Å². The Morgan fingerprint density at radius 3 is 0.913 bits per heavy atom. The predicted octanol–water partition coefficient (Wildman–Crippen LogP) is 26.9. The SMILES string of the molecule is c1ccc(-c2sc3c(c(-c4ccc(-c5ccc(-c6cc(-c7ccccn7)nc(-c7ccccn7)c6)cc5)cc4)nc4ccccc43)c2-c2ccccc2)cc1.c1ccc(-c2sc3c(c(-c4ccc(-c5ccc6c7ccccc7c7ccccc7c6c5)cc4)nc4ccccc43)c2-c2ccccc2)cc1. The molecule has 0 amide bonds. The second-order valence-electron chi connectivity index (χ2n) is 26.1. The molecule has 0 N–H and O–H groups in total. The zero-order chi connectivity index (χ0) is 68.9. The highest BCUT2D eigenvalue weighted by molar-refractivity contribution is 7.24. The zero-order valence-corrected chi connectivity index (χ0v) is 57.9. The van der Waals surface area contributed by atoms with Crippen molar-refractivity contribution in [2.45, 2.75) is 0 Å². The summed E-state index contributed by atoms with van der Waals surface area (Å²) >= 11 is 3.73. The Balaban J connectivity index is 0.000000144. The molecule has 0 aliphatic rings. The van der Waals surface area contributed by atoms with Crippen LogP contribution in [0.3, 0.4) is 0 Å². The Morgan fingerprint density at radius 2 is 0.510 bits per heavy atom. The summed E-state index contributed by atoms with van der Waals surface area (Å²) in [5, 5.41) is 12.5. The number of para-hydroxylation sites is 2. The molecule has 20 rings (SSSR count). The van der Waals surface area contributed by atoms with Gasteiger partial charge in [0.1, 0.15) is 0 Å². The van der Waals surface area contributed by atoms with Gasteiger partial charge in [0.15, 0.2) is 0 Å². The third-order valence-corrected chi connectivity index (χ3v) is 22.4. The lowest BCUT2D eigenvalue weighted by molar-refractivity contribution is 1.22. The summed E-state index contributed by atoms with van der Waals surface area (Å²) in [6.45, 7) is 0. The molecule has 7 heterocycles. The van der Waals surface area contributed by atoms with Crippen molar-refractivity contribution in [3.8, 4) is 122 Å². The highest BCUT2D eigenvalue weighted by atomic mass is 32.1. The van der Waals surface area contributed by atoms with Crippen LogP contribution in [0.25, 0.3) is 196 Å². The highest BCUT2D eigenvalue weighted by Crippen LogP contribution is 2.52. The van der Waals surface area contributed by atoms with Crippen LogP contribution in [0.2, 0.25) is 0 Å². The summed E-state index contributed by atoms with van der Waals surface area (Å²) in [6.07, 6.45) is 3.60. The van der Waals surface area contributed by atoms with Gasteiger partial charge in [-0.1, -0.05) is 303 Å². The van der Waals surface area contributed by atoms with E-state index in [4.69, 9.17) is 15.0 Å². The largest absolute Gasteiger partial charge is 0.255 e. The van der Waals surface area contributed by atoms with Gasteiger partial charge in [0.2, 0.25) is 0 Å². The molecule has 486 valence electrons. The molecule has 0 aliphatic carbocycles. The van der Waals surface area contributed by atoms with Crippen molar-refractivity contribution in [3.63, 3.8) is 0 Å². The van der Waals surface area contributed by atoms with Gasteiger partial charge < -0.3 is 0 Å². The molecule has 20 aromatic rings. The number of pyridine rings is 5. The van der Waals surface area contributed by atoms with Gasteiger partial charge in [-0.15, -0.1) is 22.7 Å². The number of benzene rings is 13. The molecule has 0 aliphatic heterocycles. The molecular formula is C97H61N5S2. The first-order valence-electron chi connectivity index (χ1n) is 35.0. The molecule has 104 heavy (non-hydrogen) atoms. The maximum atomic E-state index is 5.38. The molecule has 0 radical (unpaired) electrons. The van der Waals surface area contributed by atoms with Gasteiger partial charge in [-0.3, -0.25) is 9.97 Å². The van der Waals surface area contributed by atoms with Gasteiger partial charge in [-0.2, -0.15) is 0 Å². The summed E-state index contributed by atoms with van der Waals surface area (Å²) in [6, 6.07) is 127. The van der Waals surface area contributed by atoms with E-state index in [0.717, 1.165) is 78.6 Å². The molecule has 13 aromatic carbocycles. The summed E-state index contributed by atoms with van der Waals surface area (Å²) in [5.74, 6) is 0. The fraction of sp³-hybridized carbons (Fsp3) is 0. The Bertz CT molecular complexity index is 6490. The van der Waals surface area contributed by atoms with Crippen molar-refractivity contribution in [3.05, 3.63) is 370 Å². The molecule has 0 unspecified atom stereocenters. The molecule has 0 saturated heterocycles. The van der Waals surface area contributed by atoms with Crippen molar-refractivity contribution in [1.29, 1.82) is 0 Å². The van der Waals surface area contributed by atoms with Crippen LogP contribution in [0.5, 0.6) is 0 Å². The molecule has 0 bridgehead atoms. The second kappa shape index (κ2) is 26.7. The number of hydrogen-bond donors (Lipinski definition) is 0. The first-order valence-corrected chi connectivity index (χ1v) is 36.6. The number of hydrogen-bond acceptors (Lipinski definition) is 7. The number of nitrogens with zero attached hydrogens (tertiary/aromatic N) is 5. The van der Waals surface area contributed by atoms with Crippen molar-refractivity contribution in [1.82, 2.24) is 24.9 Å². The van der Waals surface area contributed by atoms with E-state index >= 15 is 0 Å². The van der Waals surface area contributed by atoms with Crippen LogP contribution in [0, 0.1) is 0 Å². The summed E-state index contributed by atoms with van der Waals surface area (Å²) < 4.78 is 2.53. The molecular weight excluding hydrogens is 1300 g/mol. The number of aromatic nitrogens is 5. The third-order valence-electron chi connectivity index (χ3n) is 19.9. The van der Waals surface area contributed by atoms with Crippen LogP contribution in [0.4, 0.5) is 0 Å². The molecule has 0 atom stereocenters. The molecule has 0 saturated carbocycles. The van der Waals surface area contributed by atoms with Gasteiger partial charge in [0, 0.05) is 75.3 Å².